The third-order valence-corrected chi connectivity index (χ3v) is 2.87. The molecular formula is C14H14N4S. The van der Waals surface area contributed by atoms with Crippen LogP contribution in [0.25, 0.3) is 10.8 Å². The molecule has 4 N–H and O–H groups in total. The van der Waals surface area contributed by atoms with E-state index >= 15 is 0 Å². The first-order chi connectivity index (χ1) is 9.11. The first-order valence-electron chi connectivity index (χ1n) is 5.74. The molecule has 19 heavy (non-hydrogen) atoms. The molecule has 1 aromatic carbocycles. The van der Waals surface area contributed by atoms with Crippen molar-refractivity contribution in [1.29, 1.82) is 0 Å². The number of thiocarbonyl (C=S) groups is 1. The Morgan fingerprint density at radius 2 is 1.95 bits per heavy atom. The molecule has 5 heteroatoms. The molecular weight excluding hydrogens is 256 g/mol. The molecule has 2 rings (SSSR count). The predicted octanol–water partition coefficient (Wildman–Crippen LogP) is 2.15. The number of anilines is 1. The third-order valence-electron chi connectivity index (χ3n) is 2.75. The van der Waals surface area contributed by atoms with Crippen molar-refractivity contribution in [1.82, 2.24) is 10.2 Å². The van der Waals surface area contributed by atoms with Crippen LogP contribution < -0.4 is 11.5 Å². The van der Waals surface area contributed by atoms with Crippen LogP contribution in [0, 0.1) is 0 Å². The Morgan fingerprint density at radius 3 is 2.58 bits per heavy atom. The quantitative estimate of drug-likeness (QED) is 0.505. The number of nitrogens with two attached hydrogens (primary N) is 2. The number of nitrogen functional groups attached to an aromatic ring is 1. The lowest BCUT2D eigenvalue weighted by molar-refractivity contribution is 0.966. The van der Waals surface area contributed by atoms with Crippen molar-refractivity contribution >= 4 is 33.8 Å². The van der Waals surface area contributed by atoms with Crippen LogP contribution in [0.2, 0.25) is 0 Å². The van der Waals surface area contributed by atoms with E-state index in [0.29, 0.717) is 17.2 Å². The highest BCUT2D eigenvalue weighted by Gasteiger charge is 2.07. The molecule has 0 bridgehead atoms. The van der Waals surface area contributed by atoms with Crippen molar-refractivity contribution in [3.8, 4) is 0 Å². The minimum Gasteiger partial charge on any atom is -0.390 e. The van der Waals surface area contributed by atoms with Gasteiger partial charge >= 0.3 is 0 Å². The molecule has 0 amide bonds. The second-order valence-corrected chi connectivity index (χ2v) is 4.55. The van der Waals surface area contributed by atoms with Gasteiger partial charge < -0.3 is 11.5 Å². The zero-order valence-corrected chi connectivity index (χ0v) is 11.2. The van der Waals surface area contributed by atoms with Gasteiger partial charge in [-0.25, -0.2) is 0 Å². The van der Waals surface area contributed by atoms with Crippen LogP contribution in [-0.4, -0.2) is 15.2 Å². The fourth-order valence-corrected chi connectivity index (χ4v) is 2.02. The minimum atomic E-state index is 0.322. The number of allylic oxidation sites excluding steroid dienone is 2. The fraction of sp³-hybridized carbons (Fsp3) is 0.0714. The summed E-state index contributed by atoms with van der Waals surface area (Å²) in [5, 5.41) is 10.0. The summed E-state index contributed by atoms with van der Waals surface area (Å²) in [6.45, 7) is 3.75. The number of rotatable bonds is 4. The Bertz CT molecular complexity index is 676. The standard InChI is InChI=1S/C14H14N4S/c1-2-9(8-13(15)19)7-12-10-5-3-4-6-11(10)14(16)18-17-12/h2-6,8H,1,7H2,(H2,15,19)(H2,16,18)/b9-8+. The molecule has 0 aliphatic rings. The molecule has 1 aromatic heterocycles. The van der Waals surface area contributed by atoms with Crippen LogP contribution in [-0.2, 0) is 6.42 Å². The smallest absolute Gasteiger partial charge is 0.153 e. The van der Waals surface area contributed by atoms with Gasteiger partial charge in [-0.3, -0.25) is 0 Å². The van der Waals surface area contributed by atoms with Crippen molar-refractivity contribution in [2.24, 2.45) is 5.73 Å². The molecule has 0 aliphatic heterocycles. The van der Waals surface area contributed by atoms with E-state index in [1.807, 2.05) is 24.3 Å². The van der Waals surface area contributed by atoms with Crippen molar-refractivity contribution in [3.63, 3.8) is 0 Å². The Balaban J connectivity index is 2.49. The van der Waals surface area contributed by atoms with Gasteiger partial charge in [0, 0.05) is 17.2 Å². The molecule has 0 unspecified atom stereocenters. The van der Waals surface area contributed by atoms with E-state index in [2.05, 4.69) is 16.8 Å². The summed E-state index contributed by atoms with van der Waals surface area (Å²) in [6, 6.07) is 7.76. The molecule has 0 fully saturated rings. The summed E-state index contributed by atoms with van der Waals surface area (Å²) in [5.74, 6) is 0.429. The molecule has 0 aliphatic carbocycles. The SMILES string of the molecule is C=C/C(=C\C(N)=S)Cc1nnc(N)c2ccccc12. The molecule has 0 atom stereocenters. The van der Waals surface area contributed by atoms with Gasteiger partial charge in [0.15, 0.2) is 5.82 Å². The van der Waals surface area contributed by atoms with E-state index in [4.69, 9.17) is 23.7 Å². The van der Waals surface area contributed by atoms with Crippen LogP contribution in [0.1, 0.15) is 5.69 Å². The summed E-state index contributed by atoms with van der Waals surface area (Å²) >= 11 is 4.87. The monoisotopic (exact) mass is 270 g/mol. The van der Waals surface area contributed by atoms with Crippen LogP contribution in [0.4, 0.5) is 5.82 Å². The van der Waals surface area contributed by atoms with Crippen LogP contribution >= 0.6 is 12.2 Å². The Hall–Kier alpha value is -2.27. The number of benzene rings is 1. The summed E-state index contributed by atoms with van der Waals surface area (Å²) in [5.41, 5.74) is 13.1. The van der Waals surface area contributed by atoms with Gasteiger partial charge in [0.1, 0.15) is 0 Å². The van der Waals surface area contributed by atoms with Crippen LogP contribution in [0.5, 0.6) is 0 Å². The Morgan fingerprint density at radius 1 is 1.26 bits per heavy atom. The van der Waals surface area contributed by atoms with E-state index in [1.54, 1.807) is 12.2 Å². The number of aromatic nitrogens is 2. The Labute approximate surface area is 116 Å². The maximum atomic E-state index is 5.82. The zero-order valence-electron chi connectivity index (χ0n) is 10.3. The second-order valence-electron chi connectivity index (χ2n) is 4.08. The van der Waals surface area contributed by atoms with Gasteiger partial charge in [-0.2, -0.15) is 5.10 Å². The summed E-state index contributed by atoms with van der Waals surface area (Å²) in [4.78, 5) is 0.322. The van der Waals surface area contributed by atoms with E-state index < -0.39 is 0 Å². The van der Waals surface area contributed by atoms with Crippen molar-refractivity contribution in [3.05, 3.63) is 54.3 Å². The maximum Gasteiger partial charge on any atom is 0.153 e. The molecule has 0 radical (unpaired) electrons. The van der Waals surface area contributed by atoms with Gasteiger partial charge in [0.25, 0.3) is 0 Å². The van der Waals surface area contributed by atoms with E-state index in [-0.39, 0.29) is 0 Å². The minimum absolute atomic E-state index is 0.322. The molecule has 96 valence electrons. The lowest BCUT2D eigenvalue weighted by atomic mass is 10.0. The highest BCUT2D eigenvalue weighted by molar-refractivity contribution is 7.80. The van der Waals surface area contributed by atoms with Gasteiger partial charge in [0.2, 0.25) is 0 Å². The first kappa shape index (κ1) is 13.2. The van der Waals surface area contributed by atoms with Gasteiger partial charge in [0.05, 0.1) is 10.7 Å². The number of fused-ring (bicyclic) bond motifs is 1. The fourth-order valence-electron chi connectivity index (χ4n) is 1.87. The van der Waals surface area contributed by atoms with Gasteiger partial charge in [-0.1, -0.05) is 49.1 Å². The molecule has 4 nitrogen and oxygen atoms in total. The average Bonchev–Trinajstić information content (AvgIpc) is 2.41. The first-order valence-corrected chi connectivity index (χ1v) is 6.15. The summed E-state index contributed by atoms with van der Waals surface area (Å²) < 4.78 is 0. The van der Waals surface area contributed by atoms with E-state index in [0.717, 1.165) is 22.0 Å². The second kappa shape index (κ2) is 5.58. The summed E-state index contributed by atoms with van der Waals surface area (Å²) in [6.07, 6.45) is 3.98. The molecule has 0 saturated carbocycles. The average molecular weight is 270 g/mol. The van der Waals surface area contributed by atoms with Crippen molar-refractivity contribution in [2.75, 3.05) is 5.73 Å². The number of hydrogen-bond donors (Lipinski definition) is 2. The summed E-state index contributed by atoms with van der Waals surface area (Å²) in [7, 11) is 0. The van der Waals surface area contributed by atoms with Crippen molar-refractivity contribution < 1.29 is 0 Å². The van der Waals surface area contributed by atoms with Crippen LogP contribution in [0.3, 0.4) is 0 Å². The largest absolute Gasteiger partial charge is 0.390 e. The third kappa shape index (κ3) is 2.95. The molecule has 0 spiro atoms. The number of nitrogens with zero attached hydrogens (tertiary/aromatic N) is 2. The van der Waals surface area contributed by atoms with Crippen molar-refractivity contribution in [2.45, 2.75) is 6.42 Å². The van der Waals surface area contributed by atoms with Gasteiger partial charge in [-0.15, -0.1) is 5.10 Å². The molecule has 0 saturated heterocycles. The normalized spacial score (nSPS) is 11.5. The van der Waals surface area contributed by atoms with E-state index in [1.165, 1.54) is 0 Å². The molecule has 1 heterocycles. The lowest BCUT2D eigenvalue weighted by Gasteiger charge is -2.07. The number of hydrogen-bond acceptors (Lipinski definition) is 4. The van der Waals surface area contributed by atoms with E-state index in [9.17, 15) is 0 Å². The molecule has 2 aromatic rings. The van der Waals surface area contributed by atoms with Gasteiger partial charge in [-0.05, 0) is 11.6 Å². The van der Waals surface area contributed by atoms with Crippen LogP contribution in [0.15, 0.2) is 48.6 Å². The Kier molecular flexibility index (Phi) is 3.87. The zero-order chi connectivity index (χ0) is 13.8. The highest BCUT2D eigenvalue weighted by Crippen LogP contribution is 2.22. The maximum absolute atomic E-state index is 5.82. The highest BCUT2D eigenvalue weighted by atomic mass is 32.1. The topological polar surface area (TPSA) is 77.8 Å². The predicted molar refractivity (Wildman–Crippen MR) is 82.7 cm³/mol. The lowest BCUT2D eigenvalue weighted by Crippen LogP contribution is -2.06.